The van der Waals surface area contributed by atoms with E-state index in [2.05, 4.69) is 4.98 Å². The molecule has 0 bridgehead atoms. The number of aliphatic hydroxyl groups is 1. The lowest BCUT2D eigenvalue weighted by Crippen LogP contribution is -2.30. The molecule has 1 aliphatic rings. The number of anilines is 1. The number of Topliss-reactive ketones (excluding diaryl/α,β-unsaturated/α-hetero) is 1. The first-order valence-corrected chi connectivity index (χ1v) is 9.76. The second kappa shape index (κ2) is 8.70. The van der Waals surface area contributed by atoms with Gasteiger partial charge in [0.25, 0.3) is 11.7 Å². The van der Waals surface area contributed by atoms with Crippen LogP contribution in [0.3, 0.4) is 0 Å². The number of amides is 1. The Kier molecular flexibility index (Phi) is 5.78. The number of ketones is 1. The van der Waals surface area contributed by atoms with Gasteiger partial charge in [-0.3, -0.25) is 19.5 Å². The van der Waals surface area contributed by atoms with Gasteiger partial charge in [-0.2, -0.15) is 0 Å². The van der Waals surface area contributed by atoms with Crippen molar-refractivity contribution in [3.05, 3.63) is 89.3 Å². The van der Waals surface area contributed by atoms with E-state index in [1.54, 1.807) is 30.3 Å². The van der Waals surface area contributed by atoms with Gasteiger partial charge in [-0.25, -0.2) is 8.78 Å². The minimum absolute atomic E-state index is 0.0362. The van der Waals surface area contributed by atoms with Gasteiger partial charge in [-0.15, -0.1) is 0 Å². The molecule has 1 unspecified atom stereocenters. The molecule has 2 heterocycles. The SMILES string of the molecule is COc1cccc(OC)c1/C(O)=C1\C(=O)C(=O)N(c2cc(F)ccc2F)C1c1cccnc1. The molecule has 7 nitrogen and oxygen atoms in total. The van der Waals surface area contributed by atoms with Crippen LogP contribution < -0.4 is 14.4 Å². The maximum Gasteiger partial charge on any atom is 0.300 e. The average molecular weight is 452 g/mol. The van der Waals surface area contributed by atoms with Crippen LogP contribution >= 0.6 is 0 Å². The summed E-state index contributed by atoms with van der Waals surface area (Å²) >= 11 is 0. The van der Waals surface area contributed by atoms with E-state index in [0.29, 0.717) is 5.56 Å². The predicted octanol–water partition coefficient (Wildman–Crippen LogP) is 4.00. The lowest BCUT2D eigenvalue weighted by Gasteiger charge is -2.25. The molecule has 0 spiro atoms. The number of carbonyl (C=O) groups is 2. The zero-order valence-corrected chi connectivity index (χ0v) is 17.6. The molecule has 1 aliphatic heterocycles. The lowest BCUT2D eigenvalue weighted by molar-refractivity contribution is -0.132. The number of aliphatic hydroxyl groups excluding tert-OH is 1. The van der Waals surface area contributed by atoms with Gasteiger partial charge in [0.1, 0.15) is 34.5 Å². The van der Waals surface area contributed by atoms with E-state index >= 15 is 0 Å². The number of hydrogen-bond acceptors (Lipinski definition) is 6. The summed E-state index contributed by atoms with van der Waals surface area (Å²) in [6, 6.07) is 9.09. The van der Waals surface area contributed by atoms with Crippen LogP contribution in [0, 0.1) is 11.6 Å². The second-order valence-corrected chi connectivity index (χ2v) is 7.09. The molecule has 1 N–H and O–H groups in total. The molecule has 1 fully saturated rings. The van der Waals surface area contributed by atoms with Crippen molar-refractivity contribution in [2.75, 3.05) is 19.1 Å². The summed E-state index contributed by atoms with van der Waals surface area (Å²) in [5, 5.41) is 11.3. The Morgan fingerprint density at radius 3 is 2.33 bits per heavy atom. The van der Waals surface area contributed by atoms with Crippen LogP contribution in [0.2, 0.25) is 0 Å². The van der Waals surface area contributed by atoms with Crippen molar-refractivity contribution in [2.24, 2.45) is 0 Å². The molecule has 9 heteroatoms. The monoisotopic (exact) mass is 452 g/mol. The fourth-order valence-corrected chi connectivity index (χ4v) is 3.82. The predicted molar refractivity (Wildman–Crippen MR) is 115 cm³/mol. The van der Waals surface area contributed by atoms with Gasteiger partial charge >= 0.3 is 0 Å². The Morgan fingerprint density at radius 1 is 1.03 bits per heavy atom. The zero-order chi connectivity index (χ0) is 23.7. The molecule has 1 amide bonds. The Hall–Kier alpha value is -4.27. The summed E-state index contributed by atoms with van der Waals surface area (Å²) < 4.78 is 39.3. The zero-order valence-electron chi connectivity index (χ0n) is 17.6. The van der Waals surface area contributed by atoms with E-state index in [0.717, 1.165) is 23.1 Å². The number of aromatic nitrogens is 1. The Bertz CT molecular complexity index is 1250. The van der Waals surface area contributed by atoms with Crippen molar-refractivity contribution in [1.82, 2.24) is 4.98 Å². The molecule has 0 aliphatic carbocycles. The highest BCUT2D eigenvalue weighted by molar-refractivity contribution is 6.51. The van der Waals surface area contributed by atoms with Crippen LogP contribution in [-0.4, -0.2) is 36.0 Å². The Labute approximate surface area is 187 Å². The van der Waals surface area contributed by atoms with Gasteiger partial charge < -0.3 is 14.6 Å². The van der Waals surface area contributed by atoms with Gasteiger partial charge in [0.15, 0.2) is 0 Å². The molecule has 0 radical (unpaired) electrons. The van der Waals surface area contributed by atoms with E-state index in [-0.39, 0.29) is 22.6 Å². The largest absolute Gasteiger partial charge is 0.506 e. The topological polar surface area (TPSA) is 89.0 Å². The van der Waals surface area contributed by atoms with Crippen LogP contribution in [0.25, 0.3) is 5.76 Å². The molecular weight excluding hydrogens is 434 g/mol. The molecule has 1 atom stereocenters. The Morgan fingerprint density at radius 2 is 1.73 bits per heavy atom. The second-order valence-electron chi connectivity index (χ2n) is 7.09. The minimum Gasteiger partial charge on any atom is -0.506 e. The summed E-state index contributed by atoms with van der Waals surface area (Å²) in [4.78, 5) is 31.0. The third-order valence-corrected chi connectivity index (χ3v) is 5.28. The molecule has 2 aromatic carbocycles. The first kappa shape index (κ1) is 21.9. The molecular formula is C24H18F2N2O5. The van der Waals surface area contributed by atoms with Gasteiger partial charge in [-0.1, -0.05) is 12.1 Å². The average Bonchev–Trinajstić information content (AvgIpc) is 3.10. The number of hydrogen-bond donors (Lipinski definition) is 1. The fourth-order valence-electron chi connectivity index (χ4n) is 3.82. The number of ether oxygens (including phenoxy) is 2. The third-order valence-electron chi connectivity index (χ3n) is 5.28. The van der Waals surface area contributed by atoms with E-state index < -0.39 is 40.8 Å². The van der Waals surface area contributed by atoms with Gasteiger partial charge in [0, 0.05) is 18.5 Å². The molecule has 0 saturated carbocycles. The smallest absolute Gasteiger partial charge is 0.300 e. The standard InChI is InChI=1S/C24H18F2N2O5/c1-32-17-6-3-7-18(33-2)19(17)22(29)20-21(13-5-4-10-27-12-13)28(24(31)23(20)30)16-11-14(25)8-9-15(16)26/h3-12,21,29H,1-2H3/b22-20+. The summed E-state index contributed by atoms with van der Waals surface area (Å²) in [6.45, 7) is 0. The van der Waals surface area contributed by atoms with Crippen LogP contribution in [0.15, 0.2) is 66.5 Å². The van der Waals surface area contributed by atoms with Gasteiger partial charge in [0.05, 0.1) is 31.5 Å². The highest BCUT2D eigenvalue weighted by Crippen LogP contribution is 2.45. The van der Waals surface area contributed by atoms with Crippen molar-refractivity contribution >= 4 is 23.1 Å². The van der Waals surface area contributed by atoms with Crippen molar-refractivity contribution in [2.45, 2.75) is 6.04 Å². The number of benzene rings is 2. The van der Waals surface area contributed by atoms with Crippen LogP contribution in [0.4, 0.5) is 14.5 Å². The van der Waals surface area contributed by atoms with Crippen molar-refractivity contribution in [3.63, 3.8) is 0 Å². The molecule has 1 aromatic heterocycles. The van der Waals surface area contributed by atoms with Crippen LogP contribution in [0.5, 0.6) is 11.5 Å². The van der Waals surface area contributed by atoms with E-state index in [1.807, 2.05) is 0 Å². The number of rotatable bonds is 5. The van der Waals surface area contributed by atoms with Crippen molar-refractivity contribution in [3.8, 4) is 11.5 Å². The number of carbonyl (C=O) groups excluding carboxylic acids is 2. The van der Waals surface area contributed by atoms with Crippen LogP contribution in [-0.2, 0) is 9.59 Å². The number of halogens is 2. The quantitative estimate of drug-likeness (QED) is 0.358. The molecule has 33 heavy (non-hydrogen) atoms. The van der Waals surface area contributed by atoms with Gasteiger partial charge in [0.2, 0.25) is 0 Å². The molecule has 3 aromatic rings. The van der Waals surface area contributed by atoms with E-state index in [1.165, 1.54) is 26.6 Å². The first-order chi connectivity index (χ1) is 15.9. The lowest BCUT2D eigenvalue weighted by atomic mass is 9.95. The highest BCUT2D eigenvalue weighted by atomic mass is 19.1. The number of nitrogens with zero attached hydrogens (tertiary/aromatic N) is 2. The summed E-state index contributed by atoms with van der Waals surface area (Å²) in [7, 11) is 2.73. The maximum atomic E-state index is 14.7. The third kappa shape index (κ3) is 3.67. The molecule has 4 rings (SSSR count). The summed E-state index contributed by atoms with van der Waals surface area (Å²) in [5.74, 6) is -4.16. The van der Waals surface area contributed by atoms with Gasteiger partial charge in [-0.05, 0) is 35.9 Å². The van der Waals surface area contributed by atoms with Crippen molar-refractivity contribution < 1.29 is 33.0 Å². The Balaban J connectivity index is 2.03. The molecule has 1 saturated heterocycles. The molecule has 168 valence electrons. The normalized spacial score (nSPS) is 17.3. The number of methoxy groups -OCH3 is 2. The first-order valence-electron chi connectivity index (χ1n) is 9.76. The minimum atomic E-state index is -1.29. The summed E-state index contributed by atoms with van der Waals surface area (Å²) in [5.41, 5.74) is -0.457. The maximum absolute atomic E-state index is 14.7. The van der Waals surface area contributed by atoms with Crippen LogP contribution in [0.1, 0.15) is 17.2 Å². The number of pyridine rings is 1. The van der Waals surface area contributed by atoms with Crippen molar-refractivity contribution in [1.29, 1.82) is 0 Å². The van der Waals surface area contributed by atoms with E-state index in [4.69, 9.17) is 9.47 Å². The fraction of sp³-hybridized carbons (Fsp3) is 0.125. The van der Waals surface area contributed by atoms with E-state index in [9.17, 15) is 23.5 Å². The summed E-state index contributed by atoms with van der Waals surface area (Å²) in [6.07, 6.45) is 2.84. The highest BCUT2D eigenvalue weighted by Gasteiger charge is 2.48.